The topological polar surface area (TPSA) is 79.4 Å². The van der Waals surface area contributed by atoms with E-state index in [2.05, 4.69) is 10.2 Å². The number of furan rings is 1. The van der Waals surface area contributed by atoms with E-state index in [0.717, 1.165) is 17.0 Å². The molecule has 31 heavy (non-hydrogen) atoms. The van der Waals surface area contributed by atoms with E-state index >= 15 is 0 Å². The summed E-state index contributed by atoms with van der Waals surface area (Å²) in [4.78, 5) is 12.9. The summed E-state index contributed by atoms with van der Waals surface area (Å²) in [6.07, 6.45) is 1.63. The van der Waals surface area contributed by atoms with Crippen molar-refractivity contribution in [3.8, 4) is 28.6 Å². The summed E-state index contributed by atoms with van der Waals surface area (Å²) < 4.78 is 18.0. The van der Waals surface area contributed by atoms with Gasteiger partial charge in [-0.05, 0) is 37.3 Å². The summed E-state index contributed by atoms with van der Waals surface area (Å²) in [6, 6.07) is 16.8. The molecule has 7 nitrogen and oxygen atoms in total. The van der Waals surface area contributed by atoms with Gasteiger partial charge in [-0.15, -0.1) is 10.2 Å². The number of hydrogen-bond donors (Lipinski definition) is 0. The summed E-state index contributed by atoms with van der Waals surface area (Å²) in [7, 11) is 3.10. The Morgan fingerprint density at radius 3 is 2.55 bits per heavy atom. The molecule has 0 unspecified atom stereocenters. The van der Waals surface area contributed by atoms with Gasteiger partial charge in [-0.2, -0.15) is 0 Å². The smallest absolute Gasteiger partial charge is 0.196 e. The van der Waals surface area contributed by atoms with Gasteiger partial charge in [-0.25, -0.2) is 0 Å². The highest BCUT2D eigenvalue weighted by Crippen LogP contribution is 2.31. The number of carbonyl (C=O) groups excluding carboxylic acids is 1. The van der Waals surface area contributed by atoms with Crippen LogP contribution in [0.25, 0.3) is 17.1 Å². The van der Waals surface area contributed by atoms with Gasteiger partial charge in [0.15, 0.2) is 16.8 Å². The molecule has 0 N–H and O–H groups in total. The van der Waals surface area contributed by atoms with Gasteiger partial charge in [0.25, 0.3) is 0 Å². The van der Waals surface area contributed by atoms with Crippen molar-refractivity contribution in [3.05, 3.63) is 72.2 Å². The first kappa shape index (κ1) is 20.7. The minimum atomic E-state index is -0.0758. The van der Waals surface area contributed by atoms with Crippen LogP contribution in [0.4, 0.5) is 0 Å². The molecule has 4 aromatic rings. The normalized spacial score (nSPS) is 10.8. The van der Waals surface area contributed by atoms with Crippen molar-refractivity contribution in [1.82, 2.24) is 14.8 Å². The predicted octanol–water partition coefficient (Wildman–Crippen LogP) is 4.83. The van der Waals surface area contributed by atoms with Crippen LogP contribution in [0.3, 0.4) is 0 Å². The van der Waals surface area contributed by atoms with Crippen LogP contribution in [-0.4, -0.2) is 40.5 Å². The number of para-hydroxylation sites is 1. The third-order valence-corrected chi connectivity index (χ3v) is 5.72. The van der Waals surface area contributed by atoms with E-state index in [0.29, 0.717) is 28.0 Å². The van der Waals surface area contributed by atoms with E-state index in [4.69, 9.17) is 13.9 Å². The summed E-state index contributed by atoms with van der Waals surface area (Å²) in [5.41, 5.74) is 2.25. The van der Waals surface area contributed by atoms with Crippen molar-refractivity contribution in [2.24, 2.45) is 0 Å². The van der Waals surface area contributed by atoms with E-state index in [1.807, 2.05) is 47.9 Å². The average molecular weight is 436 g/mol. The Morgan fingerprint density at radius 1 is 1.06 bits per heavy atom. The lowest BCUT2D eigenvalue weighted by atomic mass is 10.1. The fraction of sp³-hybridized carbons (Fsp3) is 0.174. The van der Waals surface area contributed by atoms with E-state index in [-0.39, 0.29) is 11.5 Å². The first-order valence-corrected chi connectivity index (χ1v) is 10.5. The second-order valence-electron chi connectivity index (χ2n) is 6.65. The molecule has 0 saturated carbocycles. The Bertz CT molecular complexity index is 1200. The Labute approximate surface area is 184 Å². The molecule has 2 aromatic carbocycles. The number of Topliss-reactive ketones (excluding diaryl/α,β-unsaturated/α-hetero) is 1. The molecule has 0 bridgehead atoms. The van der Waals surface area contributed by atoms with E-state index < -0.39 is 0 Å². The van der Waals surface area contributed by atoms with E-state index in [1.54, 1.807) is 31.6 Å². The summed E-state index contributed by atoms with van der Waals surface area (Å²) in [5.74, 6) is 2.62. The lowest BCUT2D eigenvalue weighted by Gasteiger charge is -2.11. The molecule has 4 rings (SSSR count). The van der Waals surface area contributed by atoms with Gasteiger partial charge in [0.05, 0.1) is 37.4 Å². The van der Waals surface area contributed by atoms with Crippen molar-refractivity contribution in [1.29, 1.82) is 0 Å². The predicted molar refractivity (Wildman–Crippen MR) is 118 cm³/mol. The van der Waals surface area contributed by atoms with Gasteiger partial charge in [0, 0.05) is 11.8 Å². The Balaban J connectivity index is 1.65. The Hall–Kier alpha value is -3.52. The number of nitrogens with zero attached hydrogens (tertiary/aromatic N) is 3. The second kappa shape index (κ2) is 9.09. The molecule has 0 fully saturated rings. The van der Waals surface area contributed by atoms with Crippen LogP contribution in [0.2, 0.25) is 0 Å². The minimum Gasteiger partial charge on any atom is -0.497 e. The lowest BCUT2D eigenvalue weighted by Crippen LogP contribution is -2.07. The second-order valence-corrected chi connectivity index (χ2v) is 7.59. The number of thioether (sulfide) groups is 1. The van der Waals surface area contributed by atoms with Crippen LogP contribution in [0.15, 0.2) is 70.4 Å². The molecule has 0 amide bonds. The third-order valence-electron chi connectivity index (χ3n) is 4.79. The number of ketones is 1. The first-order valence-electron chi connectivity index (χ1n) is 9.55. The van der Waals surface area contributed by atoms with Gasteiger partial charge < -0.3 is 13.9 Å². The van der Waals surface area contributed by atoms with Crippen LogP contribution in [0.1, 0.15) is 16.1 Å². The number of benzene rings is 2. The standard InChI is InChI=1S/C23H21N3O4S/c1-15-18(11-12-30-15)22-24-25-23(26(22)16-7-5-4-6-8-16)31-14-20(27)19-10-9-17(28-2)13-21(19)29-3/h4-13H,14H2,1-3H3. The van der Waals surface area contributed by atoms with Gasteiger partial charge in [-0.3, -0.25) is 9.36 Å². The van der Waals surface area contributed by atoms with E-state index in [9.17, 15) is 4.79 Å². The van der Waals surface area contributed by atoms with Crippen LogP contribution in [0.5, 0.6) is 11.5 Å². The number of methoxy groups -OCH3 is 2. The van der Waals surface area contributed by atoms with Crippen LogP contribution in [-0.2, 0) is 0 Å². The monoisotopic (exact) mass is 435 g/mol. The highest BCUT2D eigenvalue weighted by Gasteiger charge is 2.21. The summed E-state index contributed by atoms with van der Waals surface area (Å²) >= 11 is 1.32. The van der Waals surface area contributed by atoms with Crippen molar-refractivity contribution < 1.29 is 18.7 Å². The first-order chi connectivity index (χ1) is 15.1. The zero-order chi connectivity index (χ0) is 21.8. The average Bonchev–Trinajstić information content (AvgIpc) is 3.43. The molecular weight excluding hydrogens is 414 g/mol. The van der Waals surface area contributed by atoms with Gasteiger partial charge in [0.1, 0.15) is 17.3 Å². The van der Waals surface area contributed by atoms with Gasteiger partial charge in [-0.1, -0.05) is 30.0 Å². The van der Waals surface area contributed by atoms with Crippen molar-refractivity contribution in [2.75, 3.05) is 20.0 Å². The van der Waals surface area contributed by atoms with Crippen molar-refractivity contribution in [2.45, 2.75) is 12.1 Å². The molecule has 0 radical (unpaired) electrons. The third kappa shape index (κ3) is 4.20. The maximum atomic E-state index is 12.9. The molecule has 158 valence electrons. The number of hydrogen-bond acceptors (Lipinski definition) is 7. The molecule has 0 aliphatic rings. The molecule has 0 aliphatic heterocycles. The number of aromatic nitrogens is 3. The number of rotatable bonds is 8. The molecular formula is C23H21N3O4S. The van der Waals surface area contributed by atoms with Crippen molar-refractivity contribution >= 4 is 17.5 Å². The van der Waals surface area contributed by atoms with Crippen LogP contribution >= 0.6 is 11.8 Å². The Morgan fingerprint density at radius 2 is 1.87 bits per heavy atom. The highest BCUT2D eigenvalue weighted by atomic mass is 32.2. The molecule has 8 heteroatoms. The maximum Gasteiger partial charge on any atom is 0.196 e. The fourth-order valence-electron chi connectivity index (χ4n) is 3.20. The van der Waals surface area contributed by atoms with E-state index in [1.165, 1.54) is 18.9 Å². The zero-order valence-electron chi connectivity index (χ0n) is 17.4. The highest BCUT2D eigenvalue weighted by molar-refractivity contribution is 7.99. The fourth-order valence-corrected chi connectivity index (χ4v) is 4.04. The molecule has 2 heterocycles. The largest absolute Gasteiger partial charge is 0.497 e. The SMILES string of the molecule is COc1ccc(C(=O)CSc2nnc(-c3ccoc3C)n2-c2ccccc2)c(OC)c1. The molecule has 2 aromatic heterocycles. The maximum absolute atomic E-state index is 12.9. The summed E-state index contributed by atoms with van der Waals surface area (Å²) in [5, 5.41) is 9.35. The van der Waals surface area contributed by atoms with Gasteiger partial charge in [0.2, 0.25) is 0 Å². The lowest BCUT2D eigenvalue weighted by molar-refractivity contribution is 0.101. The molecule has 0 atom stereocenters. The summed E-state index contributed by atoms with van der Waals surface area (Å²) in [6.45, 7) is 1.88. The van der Waals surface area contributed by atoms with Crippen LogP contribution in [0, 0.1) is 6.92 Å². The number of ether oxygens (including phenoxy) is 2. The zero-order valence-corrected chi connectivity index (χ0v) is 18.2. The number of aryl methyl sites for hydroxylation is 1. The molecule has 0 spiro atoms. The minimum absolute atomic E-state index is 0.0758. The van der Waals surface area contributed by atoms with Crippen molar-refractivity contribution in [3.63, 3.8) is 0 Å². The van der Waals surface area contributed by atoms with Gasteiger partial charge >= 0.3 is 0 Å². The quantitative estimate of drug-likeness (QED) is 0.290. The molecule has 0 aliphatic carbocycles. The van der Waals surface area contributed by atoms with Crippen LogP contribution < -0.4 is 9.47 Å². The molecule has 0 saturated heterocycles. The number of carbonyl (C=O) groups is 1. The Kier molecular flexibility index (Phi) is 6.08.